The largest absolute Gasteiger partial charge is 0.368 e. The van der Waals surface area contributed by atoms with Gasteiger partial charge in [-0.05, 0) is 19.1 Å². The summed E-state index contributed by atoms with van der Waals surface area (Å²) in [5.41, 5.74) is 8.32. The average molecular weight is 322 g/mol. The standard InChI is InChI=1S/C16H14N6O2/c1-9-5-13(23)22-4-2-3-11(14(22)19-9)15(24)21-7-10-6-18-16(17)20-12(10)8-21/h2-6H,7-8H2,1H3,(H2,17,18,20). The predicted octanol–water partition coefficient (Wildman–Crippen LogP) is 0.531. The van der Waals surface area contributed by atoms with Gasteiger partial charge >= 0.3 is 0 Å². The molecule has 0 aliphatic carbocycles. The lowest BCUT2D eigenvalue weighted by molar-refractivity contribution is 0.0751. The number of carbonyl (C=O) groups excluding carboxylic acids is 1. The van der Waals surface area contributed by atoms with E-state index in [4.69, 9.17) is 5.73 Å². The Bertz CT molecular complexity index is 1040. The molecule has 8 nitrogen and oxygen atoms in total. The van der Waals surface area contributed by atoms with Crippen LogP contribution in [-0.2, 0) is 13.1 Å². The normalized spacial score (nSPS) is 13.3. The number of carbonyl (C=O) groups is 1. The molecule has 1 amide bonds. The van der Waals surface area contributed by atoms with Crippen molar-refractivity contribution in [2.75, 3.05) is 5.73 Å². The number of hydrogen-bond acceptors (Lipinski definition) is 6. The molecule has 0 spiro atoms. The van der Waals surface area contributed by atoms with Gasteiger partial charge in [0.05, 0.1) is 17.8 Å². The van der Waals surface area contributed by atoms with Crippen LogP contribution in [0.4, 0.5) is 5.95 Å². The first kappa shape index (κ1) is 14.3. The molecular formula is C16H14N6O2. The summed E-state index contributed by atoms with van der Waals surface area (Å²) in [6, 6.07) is 4.78. The lowest BCUT2D eigenvalue weighted by Crippen LogP contribution is -2.27. The third kappa shape index (κ3) is 2.19. The van der Waals surface area contributed by atoms with E-state index in [1.54, 1.807) is 36.4 Å². The molecule has 0 unspecified atom stereocenters. The van der Waals surface area contributed by atoms with Crippen LogP contribution in [0.15, 0.2) is 35.4 Å². The van der Waals surface area contributed by atoms with Crippen molar-refractivity contribution in [3.05, 3.63) is 63.5 Å². The highest BCUT2D eigenvalue weighted by Gasteiger charge is 2.27. The molecule has 1 aliphatic heterocycles. The highest BCUT2D eigenvalue weighted by molar-refractivity contribution is 5.99. The summed E-state index contributed by atoms with van der Waals surface area (Å²) in [6.07, 6.45) is 3.24. The number of nitrogen functional groups attached to an aromatic ring is 1. The minimum absolute atomic E-state index is 0.192. The molecule has 4 heterocycles. The number of amides is 1. The summed E-state index contributed by atoms with van der Waals surface area (Å²) in [7, 11) is 0. The van der Waals surface area contributed by atoms with Crippen molar-refractivity contribution in [3.63, 3.8) is 0 Å². The van der Waals surface area contributed by atoms with E-state index in [0.29, 0.717) is 30.0 Å². The van der Waals surface area contributed by atoms with E-state index in [1.807, 2.05) is 0 Å². The van der Waals surface area contributed by atoms with Crippen LogP contribution < -0.4 is 11.3 Å². The zero-order valence-electron chi connectivity index (χ0n) is 12.9. The molecule has 0 atom stereocenters. The summed E-state index contributed by atoms with van der Waals surface area (Å²) in [4.78, 5) is 39.1. The van der Waals surface area contributed by atoms with Crippen molar-refractivity contribution in [1.29, 1.82) is 0 Å². The van der Waals surface area contributed by atoms with Gasteiger partial charge in [0, 0.05) is 36.3 Å². The summed E-state index contributed by atoms with van der Waals surface area (Å²) in [5.74, 6) is -0.0146. The minimum Gasteiger partial charge on any atom is -0.368 e. The number of pyridine rings is 1. The molecule has 3 aromatic heterocycles. The fourth-order valence-electron chi connectivity index (χ4n) is 2.89. The molecule has 2 N–H and O–H groups in total. The van der Waals surface area contributed by atoms with Gasteiger partial charge in [-0.1, -0.05) is 0 Å². The number of anilines is 1. The Kier molecular flexibility index (Phi) is 3.05. The second-order valence-electron chi connectivity index (χ2n) is 5.71. The zero-order valence-corrected chi connectivity index (χ0v) is 12.9. The van der Waals surface area contributed by atoms with Crippen LogP contribution in [0.25, 0.3) is 5.65 Å². The van der Waals surface area contributed by atoms with Gasteiger partial charge < -0.3 is 10.6 Å². The van der Waals surface area contributed by atoms with E-state index in [1.165, 1.54) is 10.5 Å². The fraction of sp³-hybridized carbons (Fsp3) is 0.188. The van der Waals surface area contributed by atoms with Gasteiger partial charge in [-0.25, -0.2) is 15.0 Å². The van der Waals surface area contributed by atoms with Crippen molar-refractivity contribution in [2.24, 2.45) is 0 Å². The van der Waals surface area contributed by atoms with E-state index < -0.39 is 0 Å². The first-order valence-corrected chi connectivity index (χ1v) is 7.41. The zero-order chi connectivity index (χ0) is 16.8. The molecule has 0 saturated carbocycles. The Hall–Kier alpha value is -3.29. The Morgan fingerprint density at radius 2 is 2.12 bits per heavy atom. The Labute approximate surface area is 136 Å². The molecule has 4 rings (SSSR count). The predicted molar refractivity (Wildman–Crippen MR) is 86.2 cm³/mol. The molecule has 0 bridgehead atoms. The SMILES string of the molecule is Cc1cc(=O)n2cccc(C(=O)N3Cc4cnc(N)nc4C3)c2n1. The summed E-state index contributed by atoms with van der Waals surface area (Å²) in [6.45, 7) is 2.50. The number of aryl methyl sites for hydroxylation is 1. The van der Waals surface area contributed by atoms with Crippen LogP contribution in [0.1, 0.15) is 27.3 Å². The molecule has 3 aromatic rings. The van der Waals surface area contributed by atoms with E-state index in [9.17, 15) is 9.59 Å². The van der Waals surface area contributed by atoms with E-state index >= 15 is 0 Å². The van der Waals surface area contributed by atoms with Gasteiger partial charge in [0.25, 0.3) is 11.5 Å². The van der Waals surface area contributed by atoms with Crippen LogP contribution in [0, 0.1) is 6.92 Å². The van der Waals surface area contributed by atoms with E-state index in [0.717, 1.165) is 11.3 Å². The third-order valence-electron chi connectivity index (χ3n) is 4.01. The molecule has 24 heavy (non-hydrogen) atoms. The van der Waals surface area contributed by atoms with Crippen molar-refractivity contribution in [3.8, 4) is 0 Å². The van der Waals surface area contributed by atoms with Crippen LogP contribution in [-0.4, -0.2) is 30.2 Å². The number of fused-ring (bicyclic) bond motifs is 2. The monoisotopic (exact) mass is 322 g/mol. The Morgan fingerprint density at radius 1 is 1.29 bits per heavy atom. The third-order valence-corrected chi connectivity index (χ3v) is 4.01. The fourth-order valence-corrected chi connectivity index (χ4v) is 2.89. The second-order valence-corrected chi connectivity index (χ2v) is 5.71. The van der Waals surface area contributed by atoms with Crippen LogP contribution in [0.3, 0.4) is 0 Å². The lowest BCUT2D eigenvalue weighted by Gasteiger charge is -2.16. The highest BCUT2D eigenvalue weighted by atomic mass is 16.2. The van der Waals surface area contributed by atoms with E-state index in [2.05, 4.69) is 15.0 Å². The van der Waals surface area contributed by atoms with Gasteiger partial charge in [0.2, 0.25) is 5.95 Å². The maximum atomic E-state index is 12.9. The Balaban J connectivity index is 1.76. The summed E-state index contributed by atoms with van der Waals surface area (Å²) < 4.78 is 1.38. The second kappa shape index (κ2) is 5.12. The number of nitrogens with two attached hydrogens (primary N) is 1. The van der Waals surface area contributed by atoms with Crippen molar-refractivity contribution in [1.82, 2.24) is 24.3 Å². The van der Waals surface area contributed by atoms with Crippen molar-refractivity contribution < 1.29 is 4.79 Å². The number of rotatable bonds is 1. The molecule has 0 fully saturated rings. The summed E-state index contributed by atoms with van der Waals surface area (Å²) >= 11 is 0. The first-order valence-electron chi connectivity index (χ1n) is 7.41. The molecule has 0 saturated heterocycles. The molecule has 0 radical (unpaired) electrons. The quantitative estimate of drug-likeness (QED) is 0.700. The maximum Gasteiger partial charge on any atom is 0.258 e. The topological polar surface area (TPSA) is 106 Å². The number of nitrogens with zero attached hydrogens (tertiary/aromatic N) is 5. The Morgan fingerprint density at radius 3 is 2.96 bits per heavy atom. The molecule has 120 valence electrons. The van der Waals surface area contributed by atoms with Crippen molar-refractivity contribution >= 4 is 17.5 Å². The van der Waals surface area contributed by atoms with E-state index in [-0.39, 0.29) is 17.4 Å². The van der Waals surface area contributed by atoms with Crippen LogP contribution in [0.5, 0.6) is 0 Å². The first-order chi connectivity index (χ1) is 11.5. The van der Waals surface area contributed by atoms with Crippen LogP contribution in [0.2, 0.25) is 0 Å². The van der Waals surface area contributed by atoms with Crippen molar-refractivity contribution in [2.45, 2.75) is 20.0 Å². The molecule has 1 aliphatic rings. The number of hydrogen-bond donors (Lipinski definition) is 1. The van der Waals surface area contributed by atoms with Gasteiger partial charge in [-0.3, -0.25) is 14.0 Å². The molecule has 8 heteroatoms. The van der Waals surface area contributed by atoms with Gasteiger partial charge in [0.1, 0.15) is 0 Å². The number of aromatic nitrogens is 4. The smallest absolute Gasteiger partial charge is 0.258 e. The van der Waals surface area contributed by atoms with Crippen LogP contribution >= 0.6 is 0 Å². The van der Waals surface area contributed by atoms with Gasteiger partial charge in [-0.2, -0.15) is 0 Å². The summed E-state index contributed by atoms with van der Waals surface area (Å²) in [5, 5.41) is 0. The molecule has 0 aromatic carbocycles. The highest BCUT2D eigenvalue weighted by Crippen LogP contribution is 2.23. The lowest BCUT2D eigenvalue weighted by atomic mass is 10.2. The van der Waals surface area contributed by atoms with Gasteiger partial charge in [-0.15, -0.1) is 0 Å². The molecular weight excluding hydrogens is 308 g/mol. The average Bonchev–Trinajstić information content (AvgIpc) is 2.96. The minimum atomic E-state index is -0.213. The maximum absolute atomic E-state index is 12.9. The van der Waals surface area contributed by atoms with Gasteiger partial charge in [0.15, 0.2) is 5.65 Å².